The van der Waals surface area contributed by atoms with Crippen LogP contribution in [0.4, 0.5) is 9.18 Å². The number of nitrogens with one attached hydrogen (secondary N) is 2. The molecule has 31 heavy (non-hydrogen) atoms. The van der Waals surface area contributed by atoms with Crippen molar-refractivity contribution in [2.75, 3.05) is 12.4 Å². The number of rotatable bonds is 6. The number of hydrogen-bond acceptors (Lipinski definition) is 5. The van der Waals surface area contributed by atoms with Crippen molar-refractivity contribution in [3.05, 3.63) is 75.7 Å². The first kappa shape index (κ1) is 22.8. The normalized spacial score (nSPS) is 16.5. The molecule has 0 saturated carbocycles. The van der Waals surface area contributed by atoms with Crippen LogP contribution in [0.1, 0.15) is 24.1 Å². The monoisotopic (exact) mass is 466 g/mol. The lowest BCUT2D eigenvalue weighted by Crippen LogP contribution is -2.47. The second kappa shape index (κ2) is 9.07. The van der Waals surface area contributed by atoms with Gasteiger partial charge in [-0.1, -0.05) is 41.4 Å². The zero-order valence-corrected chi connectivity index (χ0v) is 18.3. The Balaban J connectivity index is 2.10. The van der Waals surface area contributed by atoms with E-state index < -0.39 is 39.4 Å². The molecule has 1 heterocycles. The highest BCUT2D eigenvalue weighted by molar-refractivity contribution is 7.91. The van der Waals surface area contributed by atoms with Gasteiger partial charge in [0.25, 0.3) is 0 Å². The first-order valence-electron chi connectivity index (χ1n) is 9.34. The molecular weight excluding hydrogens is 447 g/mol. The van der Waals surface area contributed by atoms with E-state index in [1.807, 2.05) is 19.1 Å². The van der Waals surface area contributed by atoms with Gasteiger partial charge in [0, 0.05) is 5.70 Å². The Labute approximate surface area is 184 Å². The fourth-order valence-corrected chi connectivity index (χ4v) is 4.73. The van der Waals surface area contributed by atoms with Gasteiger partial charge in [0.15, 0.2) is 9.84 Å². The van der Waals surface area contributed by atoms with Gasteiger partial charge in [-0.25, -0.2) is 22.4 Å². The summed E-state index contributed by atoms with van der Waals surface area (Å²) in [5, 5.41) is 4.70. The minimum Gasteiger partial charge on any atom is -0.463 e. The van der Waals surface area contributed by atoms with Crippen molar-refractivity contribution in [1.82, 2.24) is 10.6 Å². The van der Waals surface area contributed by atoms with E-state index in [2.05, 4.69) is 10.6 Å². The number of benzene rings is 2. The van der Waals surface area contributed by atoms with Crippen LogP contribution in [0.15, 0.2) is 58.6 Å². The number of carbonyl (C=O) groups is 2. The lowest BCUT2D eigenvalue weighted by Gasteiger charge is -2.29. The second-order valence-electron chi connectivity index (χ2n) is 6.89. The summed E-state index contributed by atoms with van der Waals surface area (Å²) in [6, 6.07) is 8.50. The highest BCUT2D eigenvalue weighted by atomic mass is 35.5. The summed E-state index contributed by atoms with van der Waals surface area (Å²) in [6.45, 7) is 3.56. The number of esters is 1. The Kier molecular flexibility index (Phi) is 6.66. The van der Waals surface area contributed by atoms with Crippen LogP contribution in [0, 0.1) is 12.7 Å². The lowest BCUT2D eigenvalue weighted by atomic mass is 9.95. The molecular formula is C21H20ClFN2O5S. The minimum atomic E-state index is -4.08. The fourth-order valence-electron chi connectivity index (χ4n) is 3.13. The molecule has 0 aliphatic carbocycles. The van der Waals surface area contributed by atoms with Crippen LogP contribution in [0.3, 0.4) is 0 Å². The van der Waals surface area contributed by atoms with Gasteiger partial charge in [-0.15, -0.1) is 0 Å². The Morgan fingerprint density at radius 3 is 2.48 bits per heavy atom. The SMILES string of the molecule is CCOC(=O)C1=C(CS(=O)(=O)c2ccc(F)c(Cl)c2)NC(=O)N[C@@H]1c1ccc(C)cc1. The molecule has 2 amide bonds. The van der Waals surface area contributed by atoms with Crippen LogP contribution >= 0.6 is 11.6 Å². The van der Waals surface area contributed by atoms with E-state index >= 15 is 0 Å². The van der Waals surface area contributed by atoms with Crippen molar-refractivity contribution in [3.8, 4) is 0 Å². The standard InChI is InChI=1S/C21H20ClFN2O5S/c1-3-30-20(26)18-17(11-31(28,29)14-8-9-16(23)15(22)10-14)24-21(27)25-19(18)13-6-4-12(2)5-7-13/h4-10,19H,3,11H2,1-2H3,(H2,24,25,27)/t19-/m1/s1. The molecule has 10 heteroatoms. The number of urea groups is 1. The highest BCUT2D eigenvalue weighted by Crippen LogP contribution is 2.30. The molecule has 2 aromatic carbocycles. The number of halogens is 2. The Bertz CT molecular complexity index is 1160. The Morgan fingerprint density at radius 1 is 1.19 bits per heavy atom. The van der Waals surface area contributed by atoms with E-state index in [1.54, 1.807) is 19.1 Å². The zero-order chi connectivity index (χ0) is 22.8. The van der Waals surface area contributed by atoms with Gasteiger partial charge in [0.05, 0.1) is 33.9 Å². The first-order chi connectivity index (χ1) is 14.6. The molecule has 7 nitrogen and oxygen atoms in total. The molecule has 2 N–H and O–H groups in total. The summed E-state index contributed by atoms with van der Waals surface area (Å²) in [6.07, 6.45) is 0. The average molecular weight is 467 g/mol. The Morgan fingerprint density at radius 2 is 1.87 bits per heavy atom. The summed E-state index contributed by atoms with van der Waals surface area (Å²) in [5.74, 6) is -2.23. The van der Waals surface area contributed by atoms with Crippen LogP contribution in [0.5, 0.6) is 0 Å². The highest BCUT2D eigenvalue weighted by Gasteiger charge is 2.35. The Hall–Kier alpha value is -2.91. The number of aryl methyl sites for hydroxylation is 1. The molecule has 0 bridgehead atoms. The molecule has 164 valence electrons. The van der Waals surface area contributed by atoms with Crippen LogP contribution in [0.25, 0.3) is 0 Å². The first-order valence-corrected chi connectivity index (χ1v) is 11.4. The molecule has 0 spiro atoms. The van der Waals surface area contributed by atoms with Gasteiger partial charge >= 0.3 is 12.0 Å². The van der Waals surface area contributed by atoms with Crippen molar-refractivity contribution in [2.24, 2.45) is 0 Å². The third-order valence-corrected chi connectivity index (χ3v) is 6.57. The molecule has 2 aromatic rings. The number of hydrogen-bond donors (Lipinski definition) is 2. The maximum atomic E-state index is 13.5. The number of ether oxygens (including phenoxy) is 1. The molecule has 0 fully saturated rings. The third-order valence-electron chi connectivity index (χ3n) is 4.64. The van der Waals surface area contributed by atoms with E-state index in [9.17, 15) is 22.4 Å². The summed E-state index contributed by atoms with van der Waals surface area (Å²) >= 11 is 5.72. The number of sulfone groups is 1. The summed E-state index contributed by atoms with van der Waals surface area (Å²) in [4.78, 5) is 24.8. The fraction of sp³-hybridized carbons (Fsp3) is 0.238. The summed E-state index contributed by atoms with van der Waals surface area (Å²) in [7, 11) is -4.08. The predicted molar refractivity (Wildman–Crippen MR) is 113 cm³/mol. The average Bonchev–Trinajstić information content (AvgIpc) is 2.70. The van der Waals surface area contributed by atoms with Gasteiger partial charge in [-0.3, -0.25) is 0 Å². The van der Waals surface area contributed by atoms with Crippen LogP contribution < -0.4 is 10.6 Å². The van der Waals surface area contributed by atoms with Crippen LogP contribution in [0.2, 0.25) is 5.02 Å². The van der Waals surface area contributed by atoms with E-state index in [0.717, 1.165) is 23.8 Å². The van der Waals surface area contributed by atoms with E-state index in [1.165, 1.54) is 0 Å². The molecule has 1 atom stereocenters. The second-order valence-corrected chi connectivity index (χ2v) is 9.29. The van der Waals surface area contributed by atoms with Crippen molar-refractivity contribution in [1.29, 1.82) is 0 Å². The number of amides is 2. The zero-order valence-electron chi connectivity index (χ0n) is 16.7. The van der Waals surface area contributed by atoms with Gasteiger partial charge < -0.3 is 15.4 Å². The van der Waals surface area contributed by atoms with E-state index in [4.69, 9.17) is 16.3 Å². The largest absolute Gasteiger partial charge is 0.463 e. The summed E-state index contributed by atoms with van der Waals surface area (Å²) < 4.78 is 44.5. The molecule has 0 unspecified atom stereocenters. The maximum Gasteiger partial charge on any atom is 0.338 e. The van der Waals surface area contributed by atoms with E-state index in [-0.39, 0.29) is 27.8 Å². The van der Waals surface area contributed by atoms with E-state index in [0.29, 0.717) is 5.56 Å². The molecule has 1 aliphatic heterocycles. The van der Waals surface area contributed by atoms with Gasteiger partial charge in [-0.05, 0) is 37.6 Å². The predicted octanol–water partition coefficient (Wildman–Crippen LogP) is 3.43. The maximum absolute atomic E-state index is 13.5. The smallest absolute Gasteiger partial charge is 0.338 e. The van der Waals surface area contributed by atoms with Crippen LogP contribution in [-0.2, 0) is 19.4 Å². The van der Waals surface area contributed by atoms with Gasteiger partial charge in [-0.2, -0.15) is 0 Å². The molecule has 0 saturated heterocycles. The van der Waals surface area contributed by atoms with Crippen molar-refractivity contribution in [3.63, 3.8) is 0 Å². The quantitative estimate of drug-likeness (QED) is 0.501. The number of carbonyl (C=O) groups excluding carboxylic acids is 2. The minimum absolute atomic E-state index is 0.0258. The van der Waals surface area contributed by atoms with Gasteiger partial charge in [0.1, 0.15) is 5.82 Å². The van der Waals surface area contributed by atoms with Crippen LogP contribution in [-0.4, -0.2) is 32.8 Å². The molecule has 1 aliphatic rings. The molecule has 0 radical (unpaired) electrons. The molecule has 0 aromatic heterocycles. The third kappa shape index (κ3) is 5.05. The summed E-state index contributed by atoms with van der Waals surface area (Å²) in [5.41, 5.74) is 1.42. The lowest BCUT2D eigenvalue weighted by molar-refractivity contribution is -0.139. The van der Waals surface area contributed by atoms with Gasteiger partial charge in [0.2, 0.25) is 0 Å². The van der Waals surface area contributed by atoms with Crippen molar-refractivity contribution in [2.45, 2.75) is 24.8 Å². The molecule has 3 rings (SSSR count). The van der Waals surface area contributed by atoms with Crippen molar-refractivity contribution < 1.29 is 27.1 Å². The topological polar surface area (TPSA) is 102 Å². The van der Waals surface area contributed by atoms with Crippen molar-refractivity contribution >= 4 is 33.4 Å².